The summed E-state index contributed by atoms with van der Waals surface area (Å²) in [5, 5.41) is 52.0. The minimum Gasteiger partial charge on any atom is -0.481 e. The van der Waals surface area contributed by atoms with Gasteiger partial charge in [0, 0.05) is 5.41 Å². The number of carboxylic acid groups (broad SMARTS) is 1. The van der Waals surface area contributed by atoms with Gasteiger partial charge in [0.15, 0.2) is 6.29 Å². The number of allylic oxidation sites excluding steroid dienone is 2. The van der Waals surface area contributed by atoms with E-state index in [1.807, 2.05) is 0 Å². The number of carboxylic acids is 1. The van der Waals surface area contributed by atoms with Crippen LogP contribution in [0.5, 0.6) is 0 Å². The first-order chi connectivity index (χ1) is 20.0. The Kier molecular flexibility index (Phi) is 7.60. The molecule has 0 aromatic heterocycles. The summed E-state index contributed by atoms with van der Waals surface area (Å²) in [6.45, 7) is 13.6. The standard InChI is InChI=1S/C35H56O8/c1-30(2)13-15-35(29(40)41)16-14-33(5)20(21(35)17-30)7-8-24-31(3)11-10-25(43-28-27(39)26(38)22(18-36)42-28)32(4,19-37)23(31)9-12-34(24,33)6/h7,21-28,36-39H,8-19H2,1-6H3,(H,40,41). The number of rotatable bonds is 5. The lowest BCUT2D eigenvalue weighted by Crippen LogP contribution is -2.66. The number of aliphatic hydroxyl groups excluding tert-OH is 4. The number of hydrogen-bond donors (Lipinski definition) is 5. The molecule has 0 amide bonds. The van der Waals surface area contributed by atoms with Crippen molar-refractivity contribution >= 4 is 5.97 Å². The zero-order valence-electron chi connectivity index (χ0n) is 27.1. The van der Waals surface area contributed by atoms with Crippen molar-refractivity contribution in [2.24, 2.45) is 50.2 Å². The normalized spacial score (nSPS) is 54.0. The maximum absolute atomic E-state index is 12.9. The van der Waals surface area contributed by atoms with Gasteiger partial charge in [-0.1, -0.05) is 53.2 Å². The first kappa shape index (κ1) is 31.9. The molecule has 0 bridgehead atoms. The zero-order valence-corrected chi connectivity index (χ0v) is 27.1. The van der Waals surface area contributed by atoms with E-state index in [2.05, 4.69) is 47.6 Å². The summed E-state index contributed by atoms with van der Waals surface area (Å²) >= 11 is 0. The van der Waals surface area contributed by atoms with Gasteiger partial charge in [-0.25, -0.2) is 0 Å². The van der Waals surface area contributed by atoms with Crippen LogP contribution in [-0.4, -0.2) is 75.4 Å². The van der Waals surface area contributed by atoms with Crippen LogP contribution in [0.4, 0.5) is 0 Å². The SMILES string of the molecule is CC1(C)CCC2(C(=O)O)CCC3(C)C(=CCC4C5(C)CCC(OC6OC(CO)C(O)C6O)C(C)(CO)C5CCC43C)C2C1. The van der Waals surface area contributed by atoms with E-state index in [1.54, 1.807) is 0 Å². The van der Waals surface area contributed by atoms with Crippen LogP contribution in [0.15, 0.2) is 11.6 Å². The van der Waals surface area contributed by atoms with Crippen molar-refractivity contribution in [1.29, 1.82) is 0 Å². The highest BCUT2D eigenvalue weighted by atomic mass is 16.7. The lowest BCUT2D eigenvalue weighted by molar-refractivity contribution is -0.268. The smallest absolute Gasteiger partial charge is 0.310 e. The molecular formula is C35H56O8. The molecular weight excluding hydrogens is 548 g/mol. The first-order valence-electron chi connectivity index (χ1n) is 16.9. The van der Waals surface area contributed by atoms with Gasteiger partial charge in [0.05, 0.1) is 24.7 Å². The second-order valence-electron chi connectivity index (χ2n) is 17.2. The maximum Gasteiger partial charge on any atom is 0.310 e. The molecule has 0 aromatic carbocycles. The van der Waals surface area contributed by atoms with E-state index < -0.39 is 48.0 Å². The summed E-state index contributed by atoms with van der Waals surface area (Å²) in [7, 11) is 0. The van der Waals surface area contributed by atoms with Gasteiger partial charge in [-0.05, 0) is 104 Å². The molecule has 13 atom stereocenters. The minimum absolute atomic E-state index is 0.0157. The van der Waals surface area contributed by atoms with E-state index in [0.29, 0.717) is 12.3 Å². The maximum atomic E-state index is 12.9. The van der Waals surface area contributed by atoms with E-state index in [4.69, 9.17) is 9.47 Å². The van der Waals surface area contributed by atoms with Crippen LogP contribution in [0.25, 0.3) is 0 Å². The summed E-state index contributed by atoms with van der Waals surface area (Å²) in [6, 6.07) is 0. The van der Waals surface area contributed by atoms with Crippen molar-refractivity contribution in [1.82, 2.24) is 0 Å². The van der Waals surface area contributed by atoms with Crippen LogP contribution in [0, 0.1) is 50.2 Å². The molecule has 1 heterocycles. The number of aliphatic carboxylic acids is 1. The lowest BCUT2D eigenvalue weighted by Gasteiger charge is -2.71. The van der Waals surface area contributed by atoms with Gasteiger partial charge >= 0.3 is 5.97 Å². The van der Waals surface area contributed by atoms with E-state index in [0.717, 1.165) is 57.8 Å². The Bertz CT molecular complexity index is 1150. The molecule has 5 fully saturated rings. The van der Waals surface area contributed by atoms with Gasteiger partial charge in [-0.2, -0.15) is 0 Å². The third-order valence-corrected chi connectivity index (χ3v) is 14.9. The number of ether oxygens (including phenoxy) is 2. The van der Waals surface area contributed by atoms with Crippen molar-refractivity contribution in [2.45, 2.75) is 136 Å². The Balaban J connectivity index is 1.32. The Hall–Kier alpha value is -1.03. The lowest BCUT2D eigenvalue weighted by atomic mass is 9.33. The predicted octanol–water partition coefficient (Wildman–Crippen LogP) is 4.67. The monoisotopic (exact) mass is 604 g/mol. The summed E-state index contributed by atoms with van der Waals surface area (Å²) < 4.78 is 12.1. The molecule has 13 unspecified atom stereocenters. The highest BCUT2D eigenvalue weighted by Gasteiger charge is 2.70. The van der Waals surface area contributed by atoms with Crippen molar-refractivity contribution < 1.29 is 39.8 Å². The summed E-state index contributed by atoms with van der Waals surface area (Å²) in [6.07, 6.45) is 6.54. The van der Waals surface area contributed by atoms with Crippen molar-refractivity contribution in [3.8, 4) is 0 Å². The fraction of sp³-hybridized carbons (Fsp3) is 0.914. The zero-order chi connectivity index (χ0) is 31.4. The average Bonchev–Trinajstić information content (AvgIpc) is 3.22. The number of fused-ring (bicyclic) bond motifs is 7. The molecule has 1 aliphatic heterocycles. The van der Waals surface area contributed by atoms with Crippen LogP contribution in [0.2, 0.25) is 0 Å². The quantitative estimate of drug-likeness (QED) is 0.286. The van der Waals surface area contributed by atoms with Gasteiger partial charge in [0.1, 0.15) is 18.3 Å². The fourth-order valence-electron chi connectivity index (χ4n) is 12.0. The molecule has 8 nitrogen and oxygen atoms in total. The Morgan fingerprint density at radius 3 is 2.26 bits per heavy atom. The number of carbonyl (C=O) groups is 1. The molecule has 6 rings (SSSR count). The molecule has 0 spiro atoms. The minimum atomic E-state index is -1.25. The van der Waals surface area contributed by atoms with Crippen LogP contribution in [0.1, 0.15) is 106 Å². The third-order valence-electron chi connectivity index (χ3n) is 14.9. The Labute approximate surface area is 257 Å². The fourth-order valence-corrected chi connectivity index (χ4v) is 12.0. The van der Waals surface area contributed by atoms with Crippen molar-refractivity contribution in [2.75, 3.05) is 13.2 Å². The van der Waals surface area contributed by atoms with E-state index in [9.17, 15) is 30.3 Å². The van der Waals surface area contributed by atoms with Crippen LogP contribution < -0.4 is 0 Å². The summed E-state index contributed by atoms with van der Waals surface area (Å²) in [4.78, 5) is 12.9. The molecule has 6 aliphatic rings. The van der Waals surface area contributed by atoms with Crippen LogP contribution >= 0.6 is 0 Å². The van der Waals surface area contributed by atoms with Gasteiger partial charge in [0.2, 0.25) is 0 Å². The Morgan fingerprint density at radius 1 is 0.930 bits per heavy atom. The number of aliphatic hydroxyl groups is 4. The second kappa shape index (κ2) is 10.2. The van der Waals surface area contributed by atoms with Crippen LogP contribution in [-0.2, 0) is 14.3 Å². The highest BCUT2D eigenvalue weighted by molar-refractivity contribution is 5.76. The van der Waals surface area contributed by atoms with Crippen molar-refractivity contribution in [3.05, 3.63) is 11.6 Å². The number of hydrogen-bond acceptors (Lipinski definition) is 7. The van der Waals surface area contributed by atoms with Gasteiger partial charge in [-0.15, -0.1) is 0 Å². The van der Waals surface area contributed by atoms with Crippen LogP contribution in [0.3, 0.4) is 0 Å². The van der Waals surface area contributed by atoms with Gasteiger partial charge in [0.25, 0.3) is 0 Å². The molecule has 43 heavy (non-hydrogen) atoms. The molecule has 244 valence electrons. The molecule has 0 radical (unpaired) electrons. The Morgan fingerprint density at radius 2 is 1.63 bits per heavy atom. The first-order valence-corrected chi connectivity index (χ1v) is 16.9. The molecule has 4 saturated carbocycles. The van der Waals surface area contributed by atoms with E-state index in [-0.39, 0.29) is 46.2 Å². The van der Waals surface area contributed by atoms with Gasteiger partial charge in [-0.3, -0.25) is 4.79 Å². The molecule has 0 aromatic rings. The topological polar surface area (TPSA) is 137 Å². The predicted molar refractivity (Wildman–Crippen MR) is 161 cm³/mol. The van der Waals surface area contributed by atoms with Gasteiger partial charge < -0.3 is 35.0 Å². The molecule has 5 aliphatic carbocycles. The molecule has 8 heteroatoms. The highest BCUT2D eigenvalue weighted by Crippen LogP contribution is 2.76. The van der Waals surface area contributed by atoms with Crippen molar-refractivity contribution in [3.63, 3.8) is 0 Å². The summed E-state index contributed by atoms with van der Waals surface area (Å²) in [5.41, 5.74) is 0.235. The third kappa shape index (κ3) is 4.25. The van der Waals surface area contributed by atoms with E-state index >= 15 is 0 Å². The molecule has 1 saturated heterocycles. The second-order valence-corrected chi connectivity index (χ2v) is 17.2. The summed E-state index contributed by atoms with van der Waals surface area (Å²) in [5.74, 6) is 0.0543. The van der Waals surface area contributed by atoms with E-state index in [1.165, 1.54) is 5.57 Å². The largest absolute Gasteiger partial charge is 0.481 e. The molecule has 5 N–H and O–H groups in total. The average molecular weight is 605 g/mol.